The number of thiophene rings is 1. The van der Waals surface area contributed by atoms with Crippen molar-refractivity contribution in [2.45, 2.75) is 10.6 Å². The molecule has 1 aliphatic heterocycles. The van der Waals surface area contributed by atoms with Gasteiger partial charge in [-0.05, 0) is 24.5 Å². The maximum absolute atomic E-state index is 12.0. The van der Waals surface area contributed by atoms with Crippen LogP contribution < -0.4 is 10.5 Å². The number of hydrogen-bond donors (Lipinski definition) is 2. The molecule has 3 N–H and O–H groups in total. The van der Waals surface area contributed by atoms with E-state index < -0.39 is 10.0 Å². The van der Waals surface area contributed by atoms with Gasteiger partial charge in [0.1, 0.15) is 9.20 Å². The van der Waals surface area contributed by atoms with E-state index in [0.29, 0.717) is 24.6 Å². The standard InChI is InChI=1S/C10H14N2O3S3/c11-10(16)8-1-2-9(17-8)18(13,14)12-5-7-3-4-15-6-7/h1-2,7,12H,3-6H2,(H2,11,16). The highest BCUT2D eigenvalue weighted by molar-refractivity contribution is 7.91. The summed E-state index contributed by atoms with van der Waals surface area (Å²) in [6.07, 6.45) is 0.894. The first-order chi connectivity index (χ1) is 8.49. The maximum Gasteiger partial charge on any atom is 0.250 e. The van der Waals surface area contributed by atoms with Crippen molar-refractivity contribution in [2.75, 3.05) is 19.8 Å². The van der Waals surface area contributed by atoms with Crippen molar-refractivity contribution in [3.05, 3.63) is 17.0 Å². The molecule has 1 unspecified atom stereocenters. The fourth-order valence-corrected chi connectivity index (χ4v) is 4.15. The Labute approximate surface area is 115 Å². The third-order valence-electron chi connectivity index (χ3n) is 2.68. The van der Waals surface area contributed by atoms with Gasteiger partial charge in [0.05, 0.1) is 11.5 Å². The van der Waals surface area contributed by atoms with Crippen molar-refractivity contribution >= 4 is 38.6 Å². The van der Waals surface area contributed by atoms with Gasteiger partial charge in [0, 0.05) is 13.2 Å². The Hall–Kier alpha value is -0.540. The molecule has 1 aromatic rings. The smallest absolute Gasteiger partial charge is 0.250 e. The SMILES string of the molecule is NC(=S)c1ccc(S(=O)(=O)NCC2CCOC2)s1. The van der Waals surface area contributed by atoms with E-state index in [1.165, 1.54) is 6.07 Å². The number of rotatable bonds is 5. The Bertz CT molecular complexity index is 532. The molecule has 100 valence electrons. The highest BCUT2D eigenvalue weighted by Gasteiger charge is 2.21. The first-order valence-electron chi connectivity index (χ1n) is 5.46. The summed E-state index contributed by atoms with van der Waals surface area (Å²) in [6, 6.07) is 3.15. The molecule has 1 atom stereocenters. The molecule has 0 aliphatic carbocycles. The fourth-order valence-electron chi connectivity index (χ4n) is 1.64. The average molecular weight is 306 g/mol. The third kappa shape index (κ3) is 3.27. The molecule has 0 saturated carbocycles. The maximum atomic E-state index is 12.0. The molecule has 8 heteroatoms. The Kier molecular flexibility index (Phi) is 4.33. The quantitative estimate of drug-likeness (QED) is 0.783. The lowest BCUT2D eigenvalue weighted by molar-refractivity contribution is 0.186. The van der Waals surface area contributed by atoms with Crippen LogP contribution in [0.2, 0.25) is 0 Å². The number of sulfonamides is 1. The first-order valence-corrected chi connectivity index (χ1v) is 8.17. The first kappa shape index (κ1) is 13.9. The number of ether oxygens (including phenoxy) is 1. The Morgan fingerprint density at radius 2 is 2.39 bits per heavy atom. The molecule has 2 heterocycles. The van der Waals surface area contributed by atoms with Crippen molar-refractivity contribution in [2.24, 2.45) is 11.7 Å². The zero-order valence-electron chi connectivity index (χ0n) is 9.59. The van der Waals surface area contributed by atoms with Crippen LogP contribution in [-0.4, -0.2) is 33.2 Å². The van der Waals surface area contributed by atoms with Gasteiger partial charge in [-0.3, -0.25) is 0 Å². The summed E-state index contributed by atoms with van der Waals surface area (Å²) < 4.78 is 32.0. The van der Waals surface area contributed by atoms with Crippen molar-refractivity contribution < 1.29 is 13.2 Å². The van der Waals surface area contributed by atoms with Crippen LogP contribution in [0.1, 0.15) is 11.3 Å². The van der Waals surface area contributed by atoms with Crippen LogP contribution >= 0.6 is 23.6 Å². The molecule has 0 radical (unpaired) electrons. The monoisotopic (exact) mass is 306 g/mol. The predicted molar refractivity (Wildman–Crippen MR) is 74.3 cm³/mol. The largest absolute Gasteiger partial charge is 0.389 e. The lowest BCUT2D eigenvalue weighted by Gasteiger charge is -2.08. The van der Waals surface area contributed by atoms with E-state index in [9.17, 15) is 8.42 Å². The molecule has 2 rings (SSSR count). The second-order valence-electron chi connectivity index (χ2n) is 4.06. The van der Waals surface area contributed by atoms with Gasteiger partial charge in [-0.15, -0.1) is 11.3 Å². The molecule has 1 fully saturated rings. The van der Waals surface area contributed by atoms with E-state index in [1.807, 2.05) is 0 Å². The third-order valence-corrected chi connectivity index (χ3v) is 6.06. The van der Waals surface area contributed by atoms with E-state index in [-0.39, 0.29) is 15.1 Å². The van der Waals surface area contributed by atoms with Gasteiger partial charge in [-0.2, -0.15) is 0 Å². The molecule has 0 spiro atoms. The number of nitrogens with one attached hydrogen (secondary N) is 1. The minimum Gasteiger partial charge on any atom is -0.389 e. The highest BCUT2D eigenvalue weighted by atomic mass is 32.2. The summed E-state index contributed by atoms with van der Waals surface area (Å²) in [5, 5.41) is 0. The summed E-state index contributed by atoms with van der Waals surface area (Å²) >= 11 is 5.89. The van der Waals surface area contributed by atoms with Gasteiger partial charge < -0.3 is 10.5 Å². The second-order valence-corrected chi connectivity index (χ2v) is 7.58. The number of thiocarbonyl (C=S) groups is 1. The summed E-state index contributed by atoms with van der Waals surface area (Å²) in [6.45, 7) is 1.73. The molecule has 0 bridgehead atoms. The summed E-state index contributed by atoms with van der Waals surface area (Å²) in [4.78, 5) is 0.820. The van der Waals surface area contributed by atoms with Crippen molar-refractivity contribution in [1.29, 1.82) is 0 Å². The van der Waals surface area contributed by atoms with Crippen LogP contribution in [0.3, 0.4) is 0 Å². The second kappa shape index (κ2) is 5.62. The molecule has 18 heavy (non-hydrogen) atoms. The van der Waals surface area contributed by atoms with E-state index in [2.05, 4.69) is 4.72 Å². The van der Waals surface area contributed by atoms with E-state index in [1.54, 1.807) is 6.07 Å². The highest BCUT2D eigenvalue weighted by Crippen LogP contribution is 2.21. The zero-order valence-corrected chi connectivity index (χ0v) is 12.0. The van der Waals surface area contributed by atoms with Gasteiger partial charge in [-0.1, -0.05) is 12.2 Å². The van der Waals surface area contributed by atoms with Gasteiger partial charge in [-0.25, -0.2) is 13.1 Å². The minimum absolute atomic E-state index is 0.214. The Balaban J connectivity index is 2.02. The minimum atomic E-state index is -3.46. The molecule has 0 aromatic carbocycles. The molecular formula is C10H14N2O3S3. The van der Waals surface area contributed by atoms with Crippen LogP contribution in [0.25, 0.3) is 0 Å². The summed E-state index contributed by atoms with van der Waals surface area (Å²) in [5.74, 6) is 0.259. The van der Waals surface area contributed by atoms with Crippen molar-refractivity contribution in [3.63, 3.8) is 0 Å². The fraction of sp³-hybridized carbons (Fsp3) is 0.500. The Morgan fingerprint density at radius 1 is 1.61 bits per heavy atom. The van der Waals surface area contributed by atoms with Crippen LogP contribution in [0, 0.1) is 5.92 Å². The van der Waals surface area contributed by atoms with Crippen molar-refractivity contribution in [1.82, 2.24) is 4.72 Å². The average Bonchev–Trinajstić information content (AvgIpc) is 2.98. The lowest BCUT2D eigenvalue weighted by atomic mass is 10.1. The topological polar surface area (TPSA) is 81.4 Å². The molecule has 0 amide bonds. The van der Waals surface area contributed by atoms with E-state index in [0.717, 1.165) is 17.8 Å². The predicted octanol–water partition coefficient (Wildman–Crippen LogP) is 0.697. The van der Waals surface area contributed by atoms with Crippen LogP contribution in [0.15, 0.2) is 16.3 Å². The zero-order chi connectivity index (χ0) is 13.2. The van der Waals surface area contributed by atoms with Crippen LogP contribution in [0.5, 0.6) is 0 Å². The van der Waals surface area contributed by atoms with Gasteiger partial charge >= 0.3 is 0 Å². The molecule has 5 nitrogen and oxygen atoms in total. The lowest BCUT2D eigenvalue weighted by Crippen LogP contribution is -2.29. The van der Waals surface area contributed by atoms with E-state index in [4.69, 9.17) is 22.7 Å². The Morgan fingerprint density at radius 3 is 2.94 bits per heavy atom. The van der Waals surface area contributed by atoms with Gasteiger partial charge in [0.2, 0.25) is 10.0 Å². The van der Waals surface area contributed by atoms with Gasteiger partial charge in [0.15, 0.2) is 0 Å². The van der Waals surface area contributed by atoms with E-state index >= 15 is 0 Å². The molecule has 1 aromatic heterocycles. The van der Waals surface area contributed by atoms with Crippen LogP contribution in [0.4, 0.5) is 0 Å². The van der Waals surface area contributed by atoms with Crippen molar-refractivity contribution in [3.8, 4) is 0 Å². The summed E-state index contributed by atoms with van der Waals surface area (Å²) in [7, 11) is -3.46. The van der Waals surface area contributed by atoms with Gasteiger partial charge in [0.25, 0.3) is 0 Å². The molecule has 1 aliphatic rings. The summed E-state index contributed by atoms with van der Waals surface area (Å²) in [5.41, 5.74) is 5.45. The number of nitrogens with two attached hydrogens (primary N) is 1. The van der Waals surface area contributed by atoms with Crippen LogP contribution in [-0.2, 0) is 14.8 Å². The molecule has 1 saturated heterocycles. The molecular weight excluding hydrogens is 292 g/mol. The number of hydrogen-bond acceptors (Lipinski definition) is 5. The normalized spacial score (nSPS) is 20.1.